The molecule has 4 nitrogen and oxygen atoms in total. The van der Waals surface area contributed by atoms with Crippen LogP contribution in [0.2, 0.25) is 0 Å². The van der Waals surface area contributed by atoms with E-state index in [9.17, 15) is 4.79 Å². The fourth-order valence-electron chi connectivity index (χ4n) is 1.74. The Balaban J connectivity index is 2.47. The van der Waals surface area contributed by atoms with Gasteiger partial charge in [0.15, 0.2) is 0 Å². The molecule has 1 heterocycles. The Morgan fingerprint density at radius 3 is 2.85 bits per heavy atom. The van der Waals surface area contributed by atoms with Crippen molar-refractivity contribution in [1.82, 2.24) is 4.98 Å². The van der Waals surface area contributed by atoms with Crippen LogP contribution in [-0.2, 0) is 4.74 Å². The van der Waals surface area contributed by atoms with E-state index < -0.39 is 0 Å². The molecule has 2 aromatic rings. The van der Waals surface area contributed by atoms with Gasteiger partial charge < -0.3 is 9.47 Å². The molecule has 0 N–H and O–H groups in total. The molecule has 0 saturated heterocycles. The molecule has 0 aliphatic heterocycles. The lowest BCUT2D eigenvalue weighted by Crippen LogP contribution is -2.03. The minimum atomic E-state index is -0.331. The summed E-state index contributed by atoms with van der Waals surface area (Å²) in [5.74, 6) is 0.389. The van der Waals surface area contributed by atoms with Crippen LogP contribution in [0.4, 0.5) is 0 Å². The molecule has 0 amide bonds. The van der Waals surface area contributed by atoms with Crippen molar-refractivity contribution < 1.29 is 14.3 Å². The van der Waals surface area contributed by atoms with Crippen LogP contribution in [0.5, 0.6) is 5.75 Å². The Labute approximate surface area is 129 Å². The highest BCUT2D eigenvalue weighted by Crippen LogP contribution is 2.36. The zero-order valence-electron chi connectivity index (χ0n) is 11.4. The average molecular weight is 356 g/mol. The van der Waals surface area contributed by atoms with E-state index in [1.807, 2.05) is 18.2 Å². The Bertz CT molecular complexity index is 639. The summed E-state index contributed by atoms with van der Waals surface area (Å²) in [4.78, 5) is 16.8. The number of benzene rings is 1. The third kappa shape index (κ3) is 3.02. The van der Waals surface area contributed by atoms with E-state index >= 15 is 0 Å². The molecule has 0 radical (unpaired) electrons. The number of ether oxygens (including phenoxy) is 2. The van der Waals surface area contributed by atoms with Crippen LogP contribution in [0.1, 0.15) is 22.3 Å². The predicted octanol–water partition coefficient (Wildman–Crippen LogP) is 4.07. The van der Waals surface area contributed by atoms with Crippen LogP contribution in [0, 0.1) is 6.92 Å². The van der Waals surface area contributed by atoms with Crippen LogP contribution in [0.3, 0.4) is 0 Å². The molecular formula is C14H14BrNO3S. The predicted molar refractivity (Wildman–Crippen MR) is 82.5 cm³/mol. The number of aryl methyl sites for hydroxylation is 1. The van der Waals surface area contributed by atoms with Gasteiger partial charge in [-0.1, -0.05) is 15.9 Å². The molecule has 0 aliphatic carbocycles. The summed E-state index contributed by atoms with van der Waals surface area (Å²) < 4.78 is 11.3. The van der Waals surface area contributed by atoms with Crippen LogP contribution in [-0.4, -0.2) is 24.7 Å². The number of aromatic nitrogens is 1. The van der Waals surface area contributed by atoms with Crippen molar-refractivity contribution in [3.05, 3.63) is 33.2 Å². The number of rotatable bonds is 4. The number of hydrogen-bond acceptors (Lipinski definition) is 5. The van der Waals surface area contributed by atoms with Gasteiger partial charge in [-0.15, -0.1) is 11.3 Å². The van der Waals surface area contributed by atoms with Gasteiger partial charge in [-0.05, 0) is 32.0 Å². The van der Waals surface area contributed by atoms with Crippen LogP contribution in [0.25, 0.3) is 10.6 Å². The second-order valence-corrected chi connectivity index (χ2v) is 5.91. The topological polar surface area (TPSA) is 48.4 Å². The van der Waals surface area contributed by atoms with Crippen molar-refractivity contribution in [1.29, 1.82) is 0 Å². The van der Waals surface area contributed by atoms with E-state index in [2.05, 4.69) is 20.9 Å². The Kier molecular flexibility index (Phi) is 4.77. The quantitative estimate of drug-likeness (QED) is 0.775. The number of hydrogen-bond donors (Lipinski definition) is 0. The smallest absolute Gasteiger partial charge is 0.350 e. The number of halogens is 1. The van der Waals surface area contributed by atoms with Gasteiger partial charge in [0.05, 0.1) is 25.0 Å². The van der Waals surface area contributed by atoms with Crippen LogP contribution >= 0.6 is 27.3 Å². The van der Waals surface area contributed by atoms with Gasteiger partial charge in [-0.3, -0.25) is 0 Å². The number of methoxy groups -OCH3 is 1. The summed E-state index contributed by atoms with van der Waals surface area (Å²) >= 11 is 4.74. The standard InChI is InChI=1S/C14H14BrNO3S/c1-4-19-14(17)12-8(2)16-13(20-12)10-7-9(15)5-6-11(10)18-3/h5-7H,4H2,1-3H3. The van der Waals surface area contributed by atoms with E-state index in [0.717, 1.165) is 20.8 Å². The number of carbonyl (C=O) groups is 1. The maximum absolute atomic E-state index is 11.8. The van der Waals surface area contributed by atoms with Gasteiger partial charge in [-0.25, -0.2) is 9.78 Å². The third-order valence-corrected chi connectivity index (χ3v) is 4.31. The average Bonchev–Trinajstić information content (AvgIpc) is 2.81. The molecule has 0 fully saturated rings. The zero-order valence-corrected chi connectivity index (χ0v) is 13.8. The number of nitrogens with zero attached hydrogens (tertiary/aromatic N) is 1. The number of thiazole rings is 1. The molecule has 20 heavy (non-hydrogen) atoms. The van der Waals surface area contributed by atoms with Crippen molar-refractivity contribution in [2.45, 2.75) is 13.8 Å². The van der Waals surface area contributed by atoms with E-state index in [4.69, 9.17) is 9.47 Å². The largest absolute Gasteiger partial charge is 0.496 e. The first-order chi connectivity index (χ1) is 9.56. The first-order valence-electron chi connectivity index (χ1n) is 6.05. The van der Waals surface area contributed by atoms with Crippen molar-refractivity contribution in [2.24, 2.45) is 0 Å². The molecule has 6 heteroatoms. The van der Waals surface area contributed by atoms with Gasteiger partial charge >= 0.3 is 5.97 Å². The summed E-state index contributed by atoms with van der Waals surface area (Å²) in [6, 6.07) is 5.68. The molecule has 0 spiro atoms. The summed E-state index contributed by atoms with van der Waals surface area (Å²) in [6.45, 7) is 3.94. The Morgan fingerprint density at radius 1 is 1.45 bits per heavy atom. The van der Waals surface area contributed by atoms with Crippen molar-refractivity contribution >= 4 is 33.2 Å². The lowest BCUT2D eigenvalue weighted by atomic mass is 10.2. The molecule has 2 rings (SSSR count). The summed E-state index contributed by atoms with van der Waals surface area (Å²) in [5.41, 5.74) is 1.52. The monoisotopic (exact) mass is 355 g/mol. The van der Waals surface area contributed by atoms with Gasteiger partial charge in [0.2, 0.25) is 0 Å². The first kappa shape index (κ1) is 15.0. The molecule has 106 valence electrons. The number of esters is 1. The van der Waals surface area contributed by atoms with Gasteiger partial charge in [0, 0.05) is 4.47 Å². The maximum atomic E-state index is 11.8. The maximum Gasteiger partial charge on any atom is 0.350 e. The summed E-state index contributed by atoms with van der Waals surface area (Å²) in [7, 11) is 1.61. The van der Waals surface area contributed by atoms with Gasteiger partial charge in [0.25, 0.3) is 0 Å². The van der Waals surface area contributed by atoms with Gasteiger partial charge in [0.1, 0.15) is 15.6 Å². The Morgan fingerprint density at radius 2 is 2.20 bits per heavy atom. The molecule has 0 aliphatic rings. The first-order valence-corrected chi connectivity index (χ1v) is 7.66. The fraction of sp³-hybridized carbons (Fsp3) is 0.286. The number of carbonyl (C=O) groups excluding carboxylic acids is 1. The van der Waals surface area contributed by atoms with E-state index in [1.54, 1.807) is 21.0 Å². The summed E-state index contributed by atoms with van der Waals surface area (Å²) in [5, 5.41) is 0.740. The minimum Gasteiger partial charge on any atom is -0.496 e. The van der Waals surface area contributed by atoms with E-state index in [-0.39, 0.29) is 5.97 Å². The third-order valence-electron chi connectivity index (χ3n) is 2.65. The van der Waals surface area contributed by atoms with Crippen molar-refractivity contribution in [3.8, 4) is 16.3 Å². The molecule has 1 aromatic heterocycles. The fourth-order valence-corrected chi connectivity index (χ4v) is 3.09. The van der Waals surface area contributed by atoms with Crippen molar-refractivity contribution in [3.63, 3.8) is 0 Å². The minimum absolute atomic E-state index is 0.331. The second kappa shape index (κ2) is 6.37. The highest BCUT2D eigenvalue weighted by molar-refractivity contribution is 9.10. The highest BCUT2D eigenvalue weighted by atomic mass is 79.9. The molecule has 0 bridgehead atoms. The lowest BCUT2D eigenvalue weighted by molar-refractivity contribution is 0.0531. The van der Waals surface area contributed by atoms with E-state index in [1.165, 1.54) is 11.3 Å². The van der Waals surface area contributed by atoms with Crippen molar-refractivity contribution in [2.75, 3.05) is 13.7 Å². The second-order valence-electron chi connectivity index (χ2n) is 4.00. The van der Waals surface area contributed by atoms with E-state index in [0.29, 0.717) is 17.2 Å². The molecule has 0 saturated carbocycles. The molecular weight excluding hydrogens is 342 g/mol. The van der Waals surface area contributed by atoms with Crippen LogP contribution < -0.4 is 4.74 Å². The normalized spacial score (nSPS) is 10.4. The highest BCUT2D eigenvalue weighted by Gasteiger charge is 2.19. The van der Waals surface area contributed by atoms with Gasteiger partial charge in [-0.2, -0.15) is 0 Å². The van der Waals surface area contributed by atoms with Crippen LogP contribution in [0.15, 0.2) is 22.7 Å². The zero-order chi connectivity index (χ0) is 14.7. The SMILES string of the molecule is CCOC(=O)c1sc(-c2cc(Br)ccc2OC)nc1C. The lowest BCUT2D eigenvalue weighted by Gasteiger charge is -2.06. The Hall–Kier alpha value is -1.40. The molecule has 1 aromatic carbocycles. The molecule has 0 unspecified atom stereocenters. The molecule has 0 atom stereocenters. The summed E-state index contributed by atoms with van der Waals surface area (Å²) in [6.07, 6.45) is 0.